The third-order valence-electron chi connectivity index (χ3n) is 3.88. The first kappa shape index (κ1) is 22.7. The molecule has 2 N–H and O–H groups in total. The summed E-state index contributed by atoms with van der Waals surface area (Å²) < 4.78 is 9.08. The number of hydrogen-bond donors (Lipinski definition) is 2. The van der Waals surface area contributed by atoms with Crippen LogP contribution in [0.3, 0.4) is 0 Å². The van der Waals surface area contributed by atoms with Crippen LogP contribution in [-0.4, -0.2) is 74.7 Å². The molecule has 11 nitrogen and oxygen atoms in total. The number of benzene rings is 1. The Morgan fingerprint density at radius 3 is 3.03 bits per heavy atom. The number of rotatable bonds is 13. The lowest BCUT2D eigenvalue weighted by molar-refractivity contribution is -0.756. The topological polar surface area (TPSA) is 132 Å². The summed E-state index contributed by atoms with van der Waals surface area (Å²) in [6, 6.07) is 5.57. The SMILES string of the molecule is CC(=O)N(CCNCC(O)COc1cccc2ncn(C)c12)SCCO[N+](=O)[O-]. The summed E-state index contributed by atoms with van der Waals surface area (Å²) in [4.78, 5) is 30.2. The van der Waals surface area contributed by atoms with E-state index in [4.69, 9.17) is 4.74 Å². The van der Waals surface area contributed by atoms with E-state index in [-0.39, 0.29) is 24.9 Å². The normalized spacial score (nSPS) is 12.0. The van der Waals surface area contributed by atoms with Gasteiger partial charge in [0.2, 0.25) is 5.91 Å². The Bertz CT molecular complexity index is 817. The van der Waals surface area contributed by atoms with E-state index in [1.807, 2.05) is 29.8 Å². The van der Waals surface area contributed by atoms with E-state index in [1.165, 1.54) is 11.2 Å². The van der Waals surface area contributed by atoms with Gasteiger partial charge in [-0.25, -0.2) is 4.98 Å². The monoisotopic (exact) mass is 427 g/mol. The minimum atomic E-state index is -0.863. The molecule has 160 valence electrons. The van der Waals surface area contributed by atoms with Crippen molar-refractivity contribution in [3.8, 4) is 5.75 Å². The number of carbonyl (C=O) groups excluding carboxylic acids is 1. The maximum Gasteiger partial charge on any atom is 0.294 e. The Hall–Kier alpha value is -2.57. The molecule has 1 aromatic carbocycles. The molecule has 1 unspecified atom stereocenters. The Morgan fingerprint density at radius 1 is 1.52 bits per heavy atom. The maximum absolute atomic E-state index is 11.6. The third-order valence-corrected chi connectivity index (χ3v) is 4.98. The molecule has 0 aliphatic heterocycles. The Balaban J connectivity index is 1.67. The molecule has 0 saturated heterocycles. The number of imidazole rings is 1. The molecule has 1 aromatic heterocycles. The fourth-order valence-corrected chi connectivity index (χ4v) is 3.33. The van der Waals surface area contributed by atoms with E-state index >= 15 is 0 Å². The first-order valence-electron chi connectivity index (χ1n) is 8.98. The number of ether oxygens (including phenoxy) is 1. The molecule has 1 atom stereocenters. The zero-order valence-electron chi connectivity index (χ0n) is 16.3. The van der Waals surface area contributed by atoms with Gasteiger partial charge in [0.15, 0.2) is 0 Å². The molecule has 12 heteroatoms. The fourth-order valence-electron chi connectivity index (χ4n) is 2.56. The highest BCUT2D eigenvalue weighted by molar-refractivity contribution is 7.97. The van der Waals surface area contributed by atoms with Crippen LogP contribution in [0, 0.1) is 10.1 Å². The number of aryl methyl sites for hydroxylation is 1. The lowest BCUT2D eigenvalue weighted by atomic mass is 10.3. The van der Waals surface area contributed by atoms with Crippen LogP contribution in [0.25, 0.3) is 11.0 Å². The van der Waals surface area contributed by atoms with Crippen LogP contribution in [0.5, 0.6) is 5.75 Å². The van der Waals surface area contributed by atoms with E-state index in [9.17, 15) is 20.0 Å². The Kier molecular flexibility index (Phi) is 8.96. The number of fused-ring (bicyclic) bond motifs is 1. The van der Waals surface area contributed by atoms with Crippen LogP contribution in [0.4, 0.5) is 0 Å². The van der Waals surface area contributed by atoms with Gasteiger partial charge in [-0.2, -0.15) is 0 Å². The van der Waals surface area contributed by atoms with Gasteiger partial charge in [0.25, 0.3) is 5.09 Å². The van der Waals surface area contributed by atoms with Crippen LogP contribution < -0.4 is 10.1 Å². The molecule has 0 spiro atoms. The van der Waals surface area contributed by atoms with Gasteiger partial charge in [-0.1, -0.05) is 6.07 Å². The number of para-hydroxylation sites is 1. The van der Waals surface area contributed by atoms with Gasteiger partial charge in [-0.05, 0) is 24.1 Å². The third kappa shape index (κ3) is 7.40. The minimum Gasteiger partial charge on any atom is -0.489 e. The molecule has 0 saturated carbocycles. The standard InChI is InChI=1S/C17H25N5O6S/c1-13(23)21(29-9-8-28-22(25)26)7-6-18-10-14(24)11-27-16-5-3-4-15-17(16)20(2)12-19-15/h3-5,12,14,18,24H,6-11H2,1-2H3. The van der Waals surface area contributed by atoms with Gasteiger partial charge in [-0.15, -0.1) is 10.1 Å². The summed E-state index contributed by atoms with van der Waals surface area (Å²) >= 11 is 1.16. The maximum atomic E-state index is 11.6. The average molecular weight is 427 g/mol. The number of amides is 1. The van der Waals surface area contributed by atoms with Crippen molar-refractivity contribution >= 4 is 28.9 Å². The van der Waals surface area contributed by atoms with Gasteiger partial charge < -0.3 is 24.6 Å². The molecule has 0 aliphatic carbocycles. The Morgan fingerprint density at radius 2 is 2.31 bits per heavy atom. The number of aliphatic hydroxyl groups excluding tert-OH is 1. The van der Waals surface area contributed by atoms with E-state index in [1.54, 1.807) is 6.33 Å². The molecule has 2 rings (SSSR count). The number of carbonyl (C=O) groups is 1. The van der Waals surface area contributed by atoms with Gasteiger partial charge in [0.1, 0.15) is 30.6 Å². The summed E-state index contributed by atoms with van der Waals surface area (Å²) in [6.45, 7) is 2.58. The highest BCUT2D eigenvalue weighted by Gasteiger charge is 2.12. The first-order valence-corrected chi connectivity index (χ1v) is 9.92. The van der Waals surface area contributed by atoms with Gasteiger partial charge >= 0.3 is 0 Å². The number of nitrogens with zero attached hydrogens (tertiary/aromatic N) is 4. The van der Waals surface area contributed by atoms with Crippen LogP contribution in [0.2, 0.25) is 0 Å². The highest BCUT2D eigenvalue weighted by Crippen LogP contribution is 2.24. The first-order chi connectivity index (χ1) is 13.9. The van der Waals surface area contributed by atoms with Crippen molar-refractivity contribution in [2.45, 2.75) is 13.0 Å². The highest BCUT2D eigenvalue weighted by atomic mass is 32.2. The summed E-state index contributed by atoms with van der Waals surface area (Å²) in [5.74, 6) is 0.778. The van der Waals surface area contributed by atoms with Crippen LogP contribution in [0.15, 0.2) is 24.5 Å². The summed E-state index contributed by atoms with van der Waals surface area (Å²) in [6.07, 6.45) is 0.975. The molecule has 0 fully saturated rings. The van der Waals surface area contributed by atoms with Crippen molar-refractivity contribution in [3.63, 3.8) is 0 Å². The second kappa shape index (κ2) is 11.4. The van der Waals surface area contributed by atoms with E-state index in [2.05, 4.69) is 15.1 Å². The lowest BCUT2D eigenvalue weighted by Gasteiger charge is -2.20. The molecular weight excluding hydrogens is 402 g/mol. The van der Waals surface area contributed by atoms with Crippen LogP contribution >= 0.6 is 11.9 Å². The number of aliphatic hydroxyl groups is 1. The summed E-state index contributed by atoms with van der Waals surface area (Å²) in [7, 11) is 1.88. The predicted octanol–water partition coefficient (Wildman–Crippen LogP) is 0.608. The number of nitrogens with one attached hydrogen (secondary N) is 1. The minimum absolute atomic E-state index is 0.0889. The second-order valence-electron chi connectivity index (χ2n) is 6.16. The molecular formula is C17H25N5O6S. The van der Waals surface area contributed by atoms with E-state index in [0.717, 1.165) is 23.0 Å². The van der Waals surface area contributed by atoms with Crippen molar-refractivity contribution in [1.29, 1.82) is 0 Å². The lowest BCUT2D eigenvalue weighted by Crippen LogP contribution is -2.36. The van der Waals surface area contributed by atoms with Crippen molar-refractivity contribution in [1.82, 2.24) is 19.2 Å². The molecule has 1 heterocycles. The zero-order valence-corrected chi connectivity index (χ0v) is 17.1. The number of hydrogen-bond acceptors (Lipinski definition) is 9. The molecule has 2 aromatic rings. The Labute approximate surface area is 172 Å². The smallest absolute Gasteiger partial charge is 0.294 e. The summed E-state index contributed by atoms with van der Waals surface area (Å²) in [5, 5.41) is 22.4. The van der Waals surface area contributed by atoms with Crippen LogP contribution in [-0.2, 0) is 16.7 Å². The van der Waals surface area contributed by atoms with Crippen molar-refractivity contribution in [3.05, 3.63) is 34.6 Å². The molecule has 1 amide bonds. The van der Waals surface area contributed by atoms with Crippen molar-refractivity contribution < 1.29 is 24.6 Å². The van der Waals surface area contributed by atoms with Gasteiger partial charge in [-0.3, -0.25) is 9.10 Å². The zero-order chi connectivity index (χ0) is 21.2. The summed E-state index contributed by atoms with van der Waals surface area (Å²) in [5.41, 5.74) is 1.69. The average Bonchev–Trinajstić information content (AvgIpc) is 3.06. The molecule has 0 aliphatic rings. The van der Waals surface area contributed by atoms with E-state index in [0.29, 0.717) is 25.4 Å². The molecule has 0 radical (unpaired) electrons. The van der Waals surface area contributed by atoms with Crippen molar-refractivity contribution in [2.75, 3.05) is 38.6 Å². The molecule has 29 heavy (non-hydrogen) atoms. The quantitative estimate of drug-likeness (QED) is 0.204. The largest absolute Gasteiger partial charge is 0.489 e. The predicted molar refractivity (Wildman–Crippen MR) is 108 cm³/mol. The van der Waals surface area contributed by atoms with Gasteiger partial charge in [0, 0.05) is 39.4 Å². The van der Waals surface area contributed by atoms with Gasteiger partial charge in [0.05, 0.1) is 11.8 Å². The molecule has 0 bridgehead atoms. The number of aromatic nitrogens is 2. The van der Waals surface area contributed by atoms with Crippen LogP contribution in [0.1, 0.15) is 6.92 Å². The van der Waals surface area contributed by atoms with E-state index < -0.39 is 11.2 Å². The fraction of sp³-hybridized carbons (Fsp3) is 0.529. The van der Waals surface area contributed by atoms with Crippen molar-refractivity contribution in [2.24, 2.45) is 7.05 Å². The second-order valence-corrected chi connectivity index (χ2v) is 7.27.